The van der Waals surface area contributed by atoms with Gasteiger partial charge in [-0.1, -0.05) is 19.3 Å². The minimum absolute atomic E-state index is 0.0981. The van der Waals surface area contributed by atoms with E-state index >= 15 is 0 Å². The zero-order valence-corrected chi connectivity index (χ0v) is 13.1. The van der Waals surface area contributed by atoms with Crippen LogP contribution >= 0.6 is 0 Å². The third-order valence-corrected chi connectivity index (χ3v) is 4.38. The summed E-state index contributed by atoms with van der Waals surface area (Å²) >= 11 is 0. The van der Waals surface area contributed by atoms with Gasteiger partial charge < -0.3 is 19.0 Å². The molecule has 0 amide bonds. The quantitative estimate of drug-likeness (QED) is 0.752. The molecule has 21 heavy (non-hydrogen) atoms. The van der Waals surface area contributed by atoms with Crippen LogP contribution in [0.2, 0.25) is 0 Å². The van der Waals surface area contributed by atoms with Crippen molar-refractivity contribution >= 4 is 6.29 Å². The van der Waals surface area contributed by atoms with Crippen LogP contribution in [0.4, 0.5) is 0 Å². The number of hydrogen-bond donors (Lipinski definition) is 0. The lowest BCUT2D eigenvalue weighted by Gasteiger charge is -2.27. The Bertz CT molecular complexity index is 453. The first kappa shape index (κ1) is 15.7. The van der Waals surface area contributed by atoms with Gasteiger partial charge in [-0.15, -0.1) is 0 Å². The predicted octanol–water partition coefficient (Wildman–Crippen LogP) is 3.58. The summed E-state index contributed by atoms with van der Waals surface area (Å²) in [5.74, 6) is 2.10. The molecule has 0 heterocycles. The van der Waals surface area contributed by atoms with E-state index in [2.05, 4.69) is 0 Å². The first-order valence-electron chi connectivity index (χ1n) is 7.50. The Hall–Kier alpha value is -1.71. The number of aldehydes is 1. The van der Waals surface area contributed by atoms with Crippen molar-refractivity contribution in [3.8, 4) is 17.2 Å². The van der Waals surface area contributed by atoms with Gasteiger partial charge in [0.2, 0.25) is 5.75 Å². The molecule has 0 saturated heterocycles. The van der Waals surface area contributed by atoms with E-state index in [1.165, 1.54) is 19.3 Å². The van der Waals surface area contributed by atoms with E-state index in [0.29, 0.717) is 23.2 Å². The maximum Gasteiger partial charge on any atom is 0.203 e. The maximum atomic E-state index is 11.6. The Morgan fingerprint density at radius 2 is 1.57 bits per heavy atom. The van der Waals surface area contributed by atoms with Crippen molar-refractivity contribution in [2.24, 2.45) is 5.92 Å². The summed E-state index contributed by atoms with van der Waals surface area (Å²) in [5.41, 5.74) is 0.950. The number of benzene rings is 1. The van der Waals surface area contributed by atoms with Gasteiger partial charge in [0.05, 0.1) is 21.3 Å². The predicted molar refractivity (Wildman–Crippen MR) is 81.5 cm³/mol. The summed E-state index contributed by atoms with van der Waals surface area (Å²) in [4.78, 5) is 11.6. The lowest BCUT2D eigenvalue weighted by Crippen LogP contribution is -2.17. The van der Waals surface area contributed by atoms with Crippen molar-refractivity contribution in [3.05, 3.63) is 17.7 Å². The SMILES string of the molecule is COc1cc([C@@H](C=O)C2CCCCC2)cc(OC)c1OC. The van der Waals surface area contributed by atoms with Gasteiger partial charge in [0, 0.05) is 5.92 Å². The molecule has 0 bridgehead atoms. The van der Waals surface area contributed by atoms with E-state index in [-0.39, 0.29) is 5.92 Å². The summed E-state index contributed by atoms with van der Waals surface area (Å²) in [6.45, 7) is 0. The van der Waals surface area contributed by atoms with Gasteiger partial charge in [-0.05, 0) is 36.5 Å². The average molecular weight is 292 g/mol. The first-order chi connectivity index (χ1) is 10.2. The van der Waals surface area contributed by atoms with Crippen LogP contribution < -0.4 is 14.2 Å². The zero-order valence-electron chi connectivity index (χ0n) is 13.1. The van der Waals surface area contributed by atoms with Gasteiger partial charge >= 0.3 is 0 Å². The van der Waals surface area contributed by atoms with Crippen LogP contribution in [0.5, 0.6) is 17.2 Å². The van der Waals surface area contributed by atoms with Gasteiger partial charge in [0.15, 0.2) is 11.5 Å². The van der Waals surface area contributed by atoms with E-state index in [1.54, 1.807) is 21.3 Å². The van der Waals surface area contributed by atoms with E-state index in [1.807, 2.05) is 12.1 Å². The van der Waals surface area contributed by atoms with E-state index in [9.17, 15) is 4.79 Å². The molecule has 1 aliphatic rings. The summed E-state index contributed by atoms with van der Waals surface area (Å²) in [5, 5.41) is 0. The molecule has 1 atom stereocenters. The highest BCUT2D eigenvalue weighted by Gasteiger charge is 2.27. The summed E-state index contributed by atoms with van der Waals surface area (Å²) in [7, 11) is 4.77. The van der Waals surface area contributed by atoms with Crippen LogP contribution in [0.1, 0.15) is 43.6 Å². The number of rotatable bonds is 6. The Kier molecular flexibility index (Phi) is 5.48. The normalized spacial score (nSPS) is 17.1. The molecule has 0 radical (unpaired) electrons. The van der Waals surface area contributed by atoms with E-state index in [0.717, 1.165) is 24.7 Å². The van der Waals surface area contributed by atoms with Gasteiger partial charge in [-0.25, -0.2) is 0 Å². The molecule has 116 valence electrons. The van der Waals surface area contributed by atoms with Gasteiger partial charge in [-0.2, -0.15) is 0 Å². The van der Waals surface area contributed by atoms with Crippen LogP contribution in [0.15, 0.2) is 12.1 Å². The highest BCUT2D eigenvalue weighted by molar-refractivity contribution is 5.66. The number of methoxy groups -OCH3 is 3. The monoisotopic (exact) mass is 292 g/mol. The van der Waals surface area contributed by atoms with Gasteiger partial charge in [-0.3, -0.25) is 0 Å². The molecule has 1 aliphatic carbocycles. The molecule has 2 rings (SSSR count). The maximum absolute atomic E-state index is 11.6. The Morgan fingerprint density at radius 1 is 1.00 bits per heavy atom. The second-order valence-corrected chi connectivity index (χ2v) is 5.52. The second-order valence-electron chi connectivity index (χ2n) is 5.52. The fraction of sp³-hybridized carbons (Fsp3) is 0.588. The molecule has 0 aliphatic heterocycles. The largest absolute Gasteiger partial charge is 0.493 e. The molecule has 0 N–H and O–H groups in total. The molecule has 0 aromatic heterocycles. The van der Waals surface area contributed by atoms with Crippen molar-refractivity contribution in [1.82, 2.24) is 0 Å². The fourth-order valence-electron chi connectivity index (χ4n) is 3.25. The summed E-state index contributed by atoms with van der Waals surface area (Å²) in [6.07, 6.45) is 6.98. The van der Waals surface area contributed by atoms with Crippen LogP contribution in [0.3, 0.4) is 0 Å². The van der Waals surface area contributed by atoms with E-state index in [4.69, 9.17) is 14.2 Å². The molecular weight excluding hydrogens is 268 g/mol. The van der Waals surface area contributed by atoms with Gasteiger partial charge in [0.1, 0.15) is 6.29 Å². The molecule has 4 nitrogen and oxygen atoms in total. The number of carbonyl (C=O) groups is 1. The van der Waals surface area contributed by atoms with Crippen LogP contribution in [0, 0.1) is 5.92 Å². The Balaban J connectivity index is 2.38. The molecule has 1 fully saturated rings. The number of carbonyl (C=O) groups excluding carboxylic acids is 1. The minimum Gasteiger partial charge on any atom is -0.493 e. The highest BCUT2D eigenvalue weighted by Crippen LogP contribution is 2.43. The van der Waals surface area contributed by atoms with Gasteiger partial charge in [0.25, 0.3) is 0 Å². The molecule has 4 heteroatoms. The topological polar surface area (TPSA) is 44.8 Å². The third kappa shape index (κ3) is 3.31. The minimum atomic E-state index is -0.0981. The second kappa shape index (κ2) is 7.34. The van der Waals surface area contributed by atoms with Crippen LogP contribution in [-0.4, -0.2) is 27.6 Å². The third-order valence-electron chi connectivity index (χ3n) is 4.38. The van der Waals surface area contributed by atoms with Crippen molar-refractivity contribution in [2.45, 2.75) is 38.0 Å². The lowest BCUT2D eigenvalue weighted by atomic mass is 9.77. The Morgan fingerprint density at radius 3 is 2.00 bits per heavy atom. The first-order valence-corrected chi connectivity index (χ1v) is 7.50. The molecular formula is C17H24O4. The average Bonchev–Trinajstić information content (AvgIpc) is 2.55. The molecule has 1 saturated carbocycles. The van der Waals surface area contributed by atoms with E-state index < -0.39 is 0 Å². The zero-order chi connectivity index (χ0) is 15.2. The van der Waals surface area contributed by atoms with Crippen molar-refractivity contribution < 1.29 is 19.0 Å². The van der Waals surface area contributed by atoms with Crippen molar-refractivity contribution in [3.63, 3.8) is 0 Å². The molecule has 0 spiro atoms. The summed E-state index contributed by atoms with van der Waals surface area (Å²) in [6, 6.07) is 3.80. The van der Waals surface area contributed by atoms with Crippen molar-refractivity contribution in [1.29, 1.82) is 0 Å². The van der Waals surface area contributed by atoms with Crippen molar-refractivity contribution in [2.75, 3.05) is 21.3 Å². The van der Waals surface area contributed by atoms with Crippen LogP contribution in [0.25, 0.3) is 0 Å². The summed E-state index contributed by atoms with van der Waals surface area (Å²) < 4.78 is 16.1. The fourth-order valence-corrected chi connectivity index (χ4v) is 3.25. The number of ether oxygens (including phenoxy) is 3. The molecule has 1 aromatic rings. The molecule has 1 aromatic carbocycles. The Labute approximate surface area is 126 Å². The smallest absolute Gasteiger partial charge is 0.203 e. The number of hydrogen-bond acceptors (Lipinski definition) is 4. The van der Waals surface area contributed by atoms with Crippen LogP contribution in [-0.2, 0) is 4.79 Å². The molecule has 0 unspecified atom stereocenters. The highest BCUT2D eigenvalue weighted by atomic mass is 16.5. The lowest BCUT2D eigenvalue weighted by molar-refractivity contribution is -0.110. The standard InChI is InChI=1S/C17H24O4/c1-19-15-9-13(10-16(20-2)17(15)21-3)14(11-18)12-7-5-4-6-8-12/h9-12,14H,4-8H2,1-3H3/t14-/m0/s1.